The first-order valence-corrected chi connectivity index (χ1v) is 7.57. The van der Waals surface area contributed by atoms with Crippen LogP contribution in [0, 0.1) is 11.8 Å². The number of carboxylic acids is 2. The molecular formula is C18H18MgO8. The summed E-state index contributed by atoms with van der Waals surface area (Å²) in [5, 5.41) is 40.5. The Hall–Kier alpha value is -2.07. The molecule has 8 nitrogen and oxygen atoms in total. The van der Waals surface area contributed by atoms with Crippen LogP contribution in [0.3, 0.4) is 0 Å². The molecule has 4 atom stereocenters. The number of carbonyl (C=O) groups is 4. The molecule has 0 saturated heterocycles. The number of hydrogen-bond donors (Lipinski definition) is 2. The molecule has 0 saturated carbocycles. The van der Waals surface area contributed by atoms with E-state index >= 15 is 0 Å². The van der Waals surface area contributed by atoms with Crippen molar-refractivity contribution in [1.82, 2.24) is 0 Å². The molecule has 0 fully saturated rings. The van der Waals surface area contributed by atoms with E-state index in [0.717, 1.165) is 26.0 Å². The first-order chi connectivity index (χ1) is 12.0. The molecule has 2 N–H and O–H groups in total. The van der Waals surface area contributed by atoms with E-state index in [1.54, 1.807) is 0 Å². The van der Waals surface area contributed by atoms with Crippen LogP contribution < -0.4 is 10.2 Å². The van der Waals surface area contributed by atoms with Gasteiger partial charge in [0.15, 0.2) is 22.8 Å². The van der Waals surface area contributed by atoms with Crippen molar-refractivity contribution in [2.24, 2.45) is 11.8 Å². The Kier molecular flexibility index (Phi) is 9.00. The number of rotatable bonds is 4. The van der Waals surface area contributed by atoms with Gasteiger partial charge < -0.3 is 30.0 Å². The molecule has 27 heavy (non-hydrogen) atoms. The molecule has 0 aromatic rings. The third-order valence-corrected chi connectivity index (χ3v) is 4.11. The van der Waals surface area contributed by atoms with Gasteiger partial charge in [0.25, 0.3) is 0 Å². The van der Waals surface area contributed by atoms with Crippen molar-refractivity contribution in [2.45, 2.75) is 25.0 Å². The zero-order valence-electron chi connectivity index (χ0n) is 14.8. The Morgan fingerprint density at radius 1 is 0.741 bits per heavy atom. The van der Waals surface area contributed by atoms with E-state index in [0.29, 0.717) is 0 Å². The SMILES string of the molecule is CC(=O)C1(O)C=CC=CC1C(=O)[O-].CC(=O)C1(O)C=CC=CC1C(=O)[O-].[Mg+2]. The normalized spacial score (nSPS) is 30.5. The predicted octanol–water partition coefficient (Wildman–Crippen LogP) is -2.78. The van der Waals surface area contributed by atoms with Crippen LogP contribution in [0.4, 0.5) is 0 Å². The van der Waals surface area contributed by atoms with E-state index in [2.05, 4.69) is 0 Å². The number of hydrogen-bond acceptors (Lipinski definition) is 8. The molecule has 2 aliphatic carbocycles. The number of aliphatic carboxylic acids is 2. The van der Waals surface area contributed by atoms with Gasteiger partial charge in [0, 0.05) is 0 Å². The Bertz CT molecular complexity index is 674. The van der Waals surface area contributed by atoms with Gasteiger partial charge in [0.2, 0.25) is 0 Å². The maximum absolute atomic E-state index is 11.0. The van der Waals surface area contributed by atoms with Gasteiger partial charge in [-0.3, -0.25) is 9.59 Å². The van der Waals surface area contributed by atoms with Crippen LogP contribution in [0.25, 0.3) is 0 Å². The maximum Gasteiger partial charge on any atom is 2.00 e. The molecule has 2 aliphatic rings. The quantitative estimate of drug-likeness (QED) is 0.491. The number of Topliss-reactive ketones (excluding diaryl/α,β-unsaturated/α-hetero) is 2. The predicted molar refractivity (Wildman–Crippen MR) is 90.6 cm³/mol. The van der Waals surface area contributed by atoms with Crippen molar-refractivity contribution >= 4 is 46.6 Å². The maximum atomic E-state index is 11.0. The topological polar surface area (TPSA) is 155 Å². The smallest absolute Gasteiger partial charge is 0.549 e. The molecule has 0 aromatic heterocycles. The second-order valence-corrected chi connectivity index (χ2v) is 5.84. The minimum absolute atomic E-state index is 0. The van der Waals surface area contributed by atoms with Gasteiger partial charge in [-0.15, -0.1) is 0 Å². The van der Waals surface area contributed by atoms with Gasteiger partial charge in [-0.25, -0.2) is 0 Å². The van der Waals surface area contributed by atoms with E-state index < -0.39 is 46.5 Å². The summed E-state index contributed by atoms with van der Waals surface area (Å²) in [6, 6.07) is 0. The molecule has 2 rings (SSSR count). The average molecular weight is 387 g/mol. The average Bonchev–Trinajstić information content (AvgIpc) is 2.55. The molecule has 0 radical (unpaired) electrons. The fraction of sp³-hybridized carbons (Fsp3) is 0.333. The summed E-state index contributed by atoms with van der Waals surface area (Å²) in [7, 11) is 0. The van der Waals surface area contributed by atoms with Gasteiger partial charge in [-0.05, 0) is 26.0 Å². The Morgan fingerprint density at radius 2 is 1.04 bits per heavy atom. The summed E-state index contributed by atoms with van der Waals surface area (Å²) in [4.78, 5) is 43.2. The summed E-state index contributed by atoms with van der Waals surface area (Å²) in [5.41, 5.74) is -3.90. The minimum Gasteiger partial charge on any atom is -0.549 e. The third-order valence-electron chi connectivity index (χ3n) is 4.11. The van der Waals surface area contributed by atoms with Crippen LogP contribution in [0.2, 0.25) is 0 Å². The number of ketones is 2. The third kappa shape index (κ3) is 5.45. The standard InChI is InChI=1S/2C9H10O4.Mg/c2*1-6(10)9(13)5-3-2-4-7(9)8(11)12;/h2*2-5,7,13H,1H3,(H,11,12);/q;;+2/p-2. The molecule has 0 amide bonds. The Labute approximate surface area is 171 Å². The van der Waals surface area contributed by atoms with Crippen LogP contribution in [0.15, 0.2) is 48.6 Å². The van der Waals surface area contributed by atoms with E-state index in [9.17, 15) is 39.6 Å². The monoisotopic (exact) mass is 386 g/mol. The second-order valence-electron chi connectivity index (χ2n) is 5.84. The first kappa shape index (κ1) is 24.9. The molecule has 0 heterocycles. The van der Waals surface area contributed by atoms with Crippen LogP contribution in [0.5, 0.6) is 0 Å². The molecular weight excluding hydrogens is 368 g/mol. The van der Waals surface area contributed by atoms with Gasteiger partial charge in [0.1, 0.15) is 0 Å². The summed E-state index contributed by atoms with van der Waals surface area (Å²) in [6.45, 7) is 2.28. The summed E-state index contributed by atoms with van der Waals surface area (Å²) < 4.78 is 0. The first-order valence-electron chi connectivity index (χ1n) is 7.57. The molecule has 0 aliphatic heterocycles. The van der Waals surface area contributed by atoms with Gasteiger partial charge in [0.05, 0.1) is 23.8 Å². The second kappa shape index (κ2) is 9.74. The summed E-state index contributed by atoms with van der Waals surface area (Å²) in [5.74, 6) is -6.73. The van der Waals surface area contributed by atoms with E-state index in [1.807, 2.05) is 0 Å². The number of carboxylic acid groups (broad SMARTS) is 2. The number of aliphatic hydroxyl groups is 2. The van der Waals surface area contributed by atoms with Crippen LogP contribution >= 0.6 is 0 Å². The zero-order chi connectivity index (χ0) is 20.1. The van der Waals surface area contributed by atoms with Crippen molar-refractivity contribution < 1.29 is 39.6 Å². The van der Waals surface area contributed by atoms with Crippen molar-refractivity contribution in [1.29, 1.82) is 0 Å². The van der Waals surface area contributed by atoms with Crippen molar-refractivity contribution in [3.8, 4) is 0 Å². The van der Waals surface area contributed by atoms with E-state index in [-0.39, 0.29) is 23.1 Å². The molecule has 0 aromatic carbocycles. The summed E-state index contributed by atoms with van der Waals surface area (Å²) >= 11 is 0. The number of carbonyl (C=O) groups excluding carboxylic acids is 4. The van der Waals surface area contributed by atoms with Crippen LogP contribution in [-0.4, -0.2) is 68.0 Å². The van der Waals surface area contributed by atoms with Crippen LogP contribution in [0.1, 0.15) is 13.8 Å². The number of allylic oxidation sites excluding steroid dienone is 4. The molecule has 140 valence electrons. The van der Waals surface area contributed by atoms with E-state index in [1.165, 1.54) is 36.5 Å². The molecule has 0 spiro atoms. The van der Waals surface area contributed by atoms with Crippen LogP contribution in [-0.2, 0) is 19.2 Å². The molecule has 0 bridgehead atoms. The largest absolute Gasteiger partial charge is 2.00 e. The van der Waals surface area contributed by atoms with Gasteiger partial charge in [-0.2, -0.15) is 0 Å². The van der Waals surface area contributed by atoms with Crippen molar-refractivity contribution in [2.75, 3.05) is 0 Å². The molecule has 4 unspecified atom stereocenters. The van der Waals surface area contributed by atoms with Gasteiger partial charge in [-0.1, -0.05) is 36.5 Å². The van der Waals surface area contributed by atoms with Crippen molar-refractivity contribution in [3.63, 3.8) is 0 Å². The zero-order valence-corrected chi connectivity index (χ0v) is 16.2. The fourth-order valence-corrected chi connectivity index (χ4v) is 2.44. The van der Waals surface area contributed by atoms with Gasteiger partial charge >= 0.3 is 23.1 Å². The van der Waals surface area contributed by atoms with E-state index in [4.69, 9.17) is 0 Å². The van der Waals surface area contributed by atoms with Crippen molar-refractivity contribution in [3.05, 3.63) is 48.6 Å². The Balaban J connectivity index is 0.000000483. The summed E-state index contributed by atoms with van der Waals surface area (Å²) in [6.07, 6.45) is 10.6. The minimum atomic E-state index is -1.95. The fourth-order valence-electron chi connectivity index (χ4n) is 2.44. The Morgan fingerprint density at radius 3 is 1.22 bits per heavy atom. The molecule has 9 heteroatoms.